The third-order valence-corrected chi connectivity index (χ3v) is 10.7. The Balaban J connectivity index is 1.23. The highest BCUT2D eigenvalue weighted by Gasteiger charge is 2.19. The lowest BCUT2D eigenvalue weighted by Crippen LogP contribution is -2.37. The van der Waals surface area contributed by atoms with E-state index in [1.165, 1.54) is 18.2 Å². The van der Waals surface area contributed by atoms with Crippen molar-refractivity contribution in [2.45, 2.75) is 22.6 Å². The number of benzene rings is 3. The summed E-state index contributed by atoms with van der Waals surface area (Å²) in [5, 5.41) is 28.9. The van der Waals surface area contributed by atoms with Crippen LogP contribution in [0.5, 0.6) is 0 Å². The molecule has 2 aromatic heterocycles. The van der Waals surface area contributed by atoms with Crippen molar-refractivity contribution in [3.05, 3.63) is 77.9 Å². The van der Waals surface area contributed by atoms with Gasteiger partial charge in [-0.05, 0) is 102 Å². The quantitative estimate of drug-likeness (QED) is 0.0104. The Bertz CT molecular complexity index is 2390. The van der Waals surface area contributed by atoms with Gasteiger partial charge in [-0.15, -0.1) is 4.33 Å². The molecule has 0 amide bonds. The van der Waals surface area contributed by atoms with Crippen LogP contribution >= 0.6 is 12.0 Å². The Labute approximate surface area is 370 Å². The lowest BCUT2D eigenvalue weighted by molar-refractivity contribution is -0.432. The van der Waals surface area contributed by atoms with Crippen LogP contribution in [0.2, 0.25) is 0 Å². The van der Waals surface area contributed by atoms with E-state index in [-0.39, 0.29) is 28.0 Å². The predicted octanol–water partition coefficient (Wildman–Crippen LogP) is 5.70. The molecule has 1 fully saturated rings. The average molecular weight is 905 g/mol. The third kappa shape index (κ3) is 14.9. The Morgan fingerprint density at radius 2 is 1.24 bits per heavy atom. The summed E-state index contributed by atoms with van der Waals surface area (Å²) in [6, 6.07) is 19.0. The zero-order valence-corrected chi connectivity index (χ0v) is 37.0. The maximum atomic E-state index is 12.8. The molecule has 21 nitrogen and oxygen atoms in total. The molecule has 0 unspecified atom stereocenters. The molecule has 63 heavy (non-hydrogen) atoms. The molecule has 0 spiro atoms. The summed E-state index contributed by atoms with van der Waals surface area (Å²) < 4.78 is 46.2. The Hall–Kier alpha value is -5.76. The summed E-state index contributed by atoms with van der Waals surface area (Å²) in [5.74, 6) is 1.91. The standard InChI is InChI=1S/C40H52N14O7S2/c1-52(2)20-8-18-41-35-46-37(43-30-10-6-5-7-11-30)49-38(47-35)45-32-17-15-29(34(27-32)63(56,57)58)13-12-28-14-16-31(26-33(28)62-61-60-55)44-39-48-36(42-19-9-21-53(3)4)50-40(51-39)54-22-24-59-25-23-54/h5-7,10-17,26-27,55H,8-9,18-25H2,1-4H3,(H,56,57,58)(H2,42,44,48,50,51)(H3,41,43,45,46,47,49)/b13-12+. The van der Waals surface area contributed by atoms with Crippen molar-refractivity contribution in [2.24, 2.45) is 0 Å². The molecule has 0 aliphatic carbocycles. The maximum absolute atomic E-state index is 12.8. The van der Waals surface area contributed by atoms with Crippen LogP contribution in [0.25, 0.3) is 12.2 Å². The molecule has 1 saturated heterocycles. The van der Waals surface area contributed by atoms with Crippen molar-refractivity contribution in [1.82, 2.24) is 39.7 Å². The van der Waals surface area contributed by atoms with Crippen LogP contribution < -0.4 is 31.5 Å². The van der Waals surface area contributed by atoms with Crippen LogP contribution in [-0.2, 0) is 24.2 Å². The van der Waals surface area contributed by atoms with E-state index < -0.39 is 10.1 Å². The molecule has 1 aliphatic heterocycles. The molecule has 3 aromatic carbocycles. The molecule has 1 aliphatic rings. The largest absolute Gasteiger partial charge is 0.378 e. The highest BCUT2D eigenvalue weighted by molar-refractivity contribution is 7.94. The lowest BCUT2D eigenvalue weighted by Gasteiger charge is -2.27. The molecule has 336 valence electrons. The number of nitrogens with one attached hydrogen (secondary N) is 5. The molecule has 0 atom stereocenters. The number of ether oxygens (including phenoxy) is 1. The second-order valence-electron chi connectivity index (χ2n) is 14.6. The number of para-hydroxylation sites is 1. The third-order valence-electron chi connectivity index (χ3n) is 9.13. The summed E-state index contributed by atoms with van der Waals surface area (Å²) in [5.41, 5.74) is 2.34. The normalized spacial score (nSPS) is 13.2. The molecular weight excluding hydrogens is 853 g/mol. The van der Waals surface area contributed by atoms with E-state index in [4.69, 9.17) is 14.3 Å². The molecule has 7 N–H and O–H groups in total. The highest BCUT2D eigenvalue weighted by atomic mass is 32.2. The molecule has 5 aromatic rings. The van der Waals surface area contributed by atoms with E-state index in [2.05, 4.69) is 71.3 Å². The van der Waals surface area contributed by atoms with Gasteiger partial charge in [0.25, 0.3) is 10.1 Å². The van der Waals surface area contributed by atoms with Crippen LogP contribution in [0.3, 0.4) is 0 Å². The minimum Gasteiger partial charge on any atom is -0.378 e. The van der Waals surface area contributed by atoms with Crippen molar-refractivity contribution in [3.8, 4) is 0 Å². The van der Waals surface area contributed by atoms with E-state index in [1.54, 1.807) is 30.3 Å². The Morgan fingerprint density at radius 1 is 0.714 bits per heavy atom. The SMILES string of the molecule is CN(C)CCCNc1nc(Nc2ccccc2)nc(Nc2ccc(/C=C/c3ccc(Nc4nc(NCCCN(C)C)nc(N5CCOCC5)n4)cc3SOOO)c(S(=O)(=O)O)c2)n1. The fourth-order valence-corrected chi connectivity index (χ4v) is 7.32. The van der Waals surface area contributed by atoms with Gasteiger partial charge in [0.15, 0.2) is 0 Å². The zero-order chi connectivity index (χ0) is 44.6. The van der Waals surface area contributed by atoms with Crippen molar-refractivity contribution < 1.29 is 32.3 Å². The summed E-state index contributed by atoms with van der Waals surface area (Å²) in [6.07, 6.45) is 4.87. The van der Waals surface area contributed by atoms with E-state index in [0.29, 0.717) is 91.4 Å². The van der Waals surface area contributed by atoms with Gasteiger partial charge in [-0.25, -0.2) is 5.26 Å². The maximum Gasteiger partial charge on any atom is 0.295 e. The second kappa shape index (κ2) is 23.1. The van der Waals surface area contributed by atoms with Crippen LogP contribution in [0.1, 0.15) is 24.0 Å². The summed E-state index contributed by atoms with van der Waals surface area (Å²) in [6.45, 7) is 5.39. The van der Waals surface area contributed by atoms with Crippen molar-refractivity contribution in [3.63, 3.8) is 0 Å². The minimum absolute atomic E-state index is 0.131. The lowest BCUT2D eigenvalue weighted by atomic mass is 10.1. The fraction of sp³-hybridized carbons (Fsp3) is 0.350. The number of nitrogens with zero attached hydrogens (tertiary/aromatic N) is 9. The number of hydrogen-bond donors (Lipinski definition) is 7. The van der Waals surface area contributed by atoms with Gasteiger partial charge >= 0.3 is 0 Å². The van der Waals surface area contributed by atoms with E-state index in [9.17, 15) is 13.0 Å². The van der Waals surface area contributed by atoms with Crippen molar-refractivity contribution >= 4 is 87.1 Å². The summed E-state index contributed by atoms with van der Waals surface area (Å²) in [4.78, 5) is 33.7. The fourth-order valence-electron chi connectivity index (χ4n) is 6.10. The van der Waals surface area contributed by atoms with Crippen LogP contribution in [0.4, 0.5) is 52.8 Å². The van der Waals surface area contributed by atoms with E-state index in [0.717, 1.165) is 31.6 Å². The van der Waals surface area contributed by atoms with Crippen molar-refractivity contribution in [1.29, 1.82) is 0 Å². The Kier molecular flexibility index (Phi) is 17.1. The summed E-state index contributed by atoms with van der Waals surface area (Å²) in [7, 11) is 3.30. The van der Waals surface area contributed by atoms with E-state index >= 15 is 0 Å². The van der Waals surface area contributed by atoms with Gasteiger partial charge in [-0.1, -0.05) is 47.5 Å². The average Bonchev–Trinajstić information content (AvgIpc) is 3.26. The first kappa shape index (κ1) is 46.7. The van der Waals surface area contributed by atoms with Crippen LogP contribution in [0.15, 0.2) is 76.5 Å². The van der Waals surface area contributed by atoms with Gasteiger partial charge in [0.05, 0.1) is 25.3 Å². The van der Waals surface area contributed by atoms with Gasteiger partial charge in [-0.3, -0.25) is 4.55 Å². The van der Waals surface area contributed by atoms with E-state index in [1.807, 2.05) is 63.4 Å². The van der Waals surface area contributed by atoms with Crippen molar-refractivity contribution in [2.75, 3.05) is 112 Å². The second-order valence-corrected chi connectivity index (χ2v) is 16.8. The molecule has 0 bridgehead atoms. The van der Waals surface area contributed by atoms with Gasteiger partial charge in [0, 0.05) is 48.1 Å². The van der Waals surface area contributed by atoms with Gasteiger partial charge in [0.2, 0.25) is 35.7 Å². The monoisotopic (exact) mass is 904 g/mol. The number of hydrogen-bond acceptors (Lipinski definition) is 21. The molecule has 23 heteroatoms. The van der Waals surface area contributed by atoms with Crippen LogP contribution in [0, 0.1) is 0 Å². The number of anilines is 9. The van der Waals surface area contributed by atoms with Gasteiger partial charge < -0.3 is 46.0 Å². The molecule has 0 saturated carbocycles. The Morgan fingerprint density at radius 3 is 1.84 bits per heavy atom. The summed E-state index contributed by atoms with van der Waals surface area (Å²) >= 11 is 0.711. The van der Waals surface area contributed by atoms with Crippen LogP contribution in [-0.4, -0.2) is 139 Å². The zero-order valence-electron chi connectivity index (χ0n) is 35.4. The number of rotatable bonds is 23. The molecule has 3 heterocycles. The first-order valence-electron chi connectivity index (χ1n) is 20.0. The molecule has 6 rings (SSSR count). The van der Waals surface area contributed by atoms with Gasteiger partial charge in [0.1, 0.15) is 4.90 Å². The minimum atomic E-state index is -4.73. The predicted molar refractivity (Wildman–Crippen MR) is 245 cm³/mol. The molecule has 0 radical (unpaired) electrons. The first-order valence-corrected chi connectivity index (χ1v) is 22.2. The first-order chi connectivity index (χ1) is 30.4. The molecular formula is C40H52N14O7S2. The highest BCUT2D eigenvalue weighted by Crippen LogP contribution is 2.32. The topological polar surface area (TPSA) is 249 Å². The van der Waals surface area contributed by atoms with Gasteiger partial charge in [-0.2, -0.15) is 38.3 Å². The smallest absolute Gasteiger partial charge is 0.295 e. The number of morpholine rings is 1. The number of aromatic nitrogens is 6.